The summed E-state index contributed by atoms with van der Waals surface area (Å²) in [6.45, 7) is 0. The lowest BCUT2D eigenvalue weighted by molar-refractivity contribution is -0.458. The van der Waals surface area contributed by atoms with Gasteiger partial charge in [-0.15, -0.1) is 4.48 Å². The van der Waals surface area contributed by atoms with Gasteiger partial charge in [0, 0.05) is 7.05 Å². The third-order valence-corrected chi connectivity index (χ3v) is 4.92. The number of nitrogens with zero attached hydrogens (tertiary/aromatic N) is 1. The van der Waals surface area contributed by atoms with E-state index in [0.717, 1.165) is 0 Å². The molecule has 0 bridgehead atoms. The van der Waals surface area contributed by atoms with E-state index < -0.39 is 68.6 Å². The molecule has 0 saturated heterocycles. The minimum atomic E-state index is -8.94. The number of hydrogen-bond donors (Lipinski definition) is 0. The van der Waals surface area contributed by atoms with Crippen molar-refractivity contribution in [3.63, 3.8) is 0 Å². The van der Waals surface area contributed by atoms with E-state index in [1.165, 1.54) is 0 Å². The number of hydrogen-bond acceptors (Lipinski definition) is 2. The maximum absolute atomic E-state index is 13.3. The summed E-state index contributed by atoms with van der Waals surface area (Å²) < 4.78 is 249. The molecule has 0 aliphatic carbocycles. The van der Waals surface area contributed by atoms with Gasteiger partial charge in [-0.05, 0) is 4.53 Å². The summed E-state index contributed by atoms with van der Waals surface area (Å²) in [5.74, 6) is -52.2. The van der Waals surface area contributed by atoms with Crippen LogP contribution in [0.3, 0.4) is 0 Å². The van der Waals surface area contributed by atoms with Crippen LogP contribution >= 0.6 is 0 Å². The smallest absolute Gasteiger partial charge is 0.203 e. The second-order valence-corrected chi connectivity index (χ2v) is 7.32. The van der Waals surface area contributed by atoms with Gasteiger partial charge < -0.3 is 0 Å². The number of alkyl halides is 17. The lowest BCUT2D eigenvalue weighted by Crippen LogP contribution is -2.75. The molecule has 22 heteroatoms. The van der Waals surface area contributed by atoms with Crippen LogP contribution in [0.5, 0.6) is 0 Å². The van der Waals surface area contributed by atoms with Crippen LogP contribution in [0.15, 0.2) is 0 Å². The van der Waals surface area contributed by atoms with Crippen molar-refractivity contribution in [3.05, 3.63) is 0 Å². The molecule has 0 rings (SSSR count). The summed E-state index contributed by atoms with van der Waals surface area (Å²) >= 11 is 0. The van der Waals surface area contributed by atoms with E-state index in [1.807, 2.05) is 0 Å². The van der Waals surface area contributed by atoms with Gasteiger partial charge in [-0.2, -0.15) is 74.6 Å². The van der Waals surface area contributed by atoms with Crippen molar-refractivity contribution in [2.45, 2.75) is 47.0 Å². The molecule has 31 heavy (non-hydrogen) atoms. The van der Waals surface area contributed by atoms with E-state index in [-0.39, 0.29) is 0 Å². The molecular formula is C9H3F18NO2S. The third kappa shape index (κ3) is 3.46. The Bertz CT molecular complexity index is 780. The Morgan fingerprint density at radius 2 is 0.710 bits per heavy atom. The van der Waals surface area contributed by atoms with Gasteiger partial charge in [0.15, 0.2) is 0 Å². The van der Waals surface area contributed by atoms with E-state index in [9.17, 15) is 87.5 Å². The highest BCUT2D eigenvalue weighted by molar-refractivity contribution is 7.90. The molecule has 0 aromatic heterocycles. The van der Waals surface area contributed by atoms with Gasteiger partial charge in [0.2, 0.25) is 0 Å². The fraction of sp³-hybridized carbons (Fsp3) is 1.00. The highest BCUT2D eigenvalue weighted by Crippen LogP contribution is 2.64. The van der Waals surface area contributed by atoms with Crippen molar-refractivity contribution in [2.75, 3.05) is 7.05 Å². The molecule has 0 radical (unpaired) electrons. The van der Waals surface area contributed by atoms with Crippen molar-refractivity contribution in [2.24, 2.45) is 0 Å². The zero-order valence-corrected chi connectivity index (χ0v) is 14.3. The second kappa shape index (κ2) is 7.07. The molecule has 0 fully saturated rings. The van der Waals surface area contributed by atoms with E-state index in [0.29, 0.717) is 0 Å². The van der Waals surface area contributed by atoms with Crippen LogP contribution in [0.4, 0.5) is 79.1 Å². The minimum Gasteiger partial charge on any atom is -0.203 e. The summed E-state index contributed by atoms with van der Waals surface area (Å²) in [6.07, 6.45) is -7.90. The van der Waals surface area contributed by atoms with Crippen molar-refractivity contribution >= 4 is 10.0 Å². The summed E-state index contributed by atoms with van der Waals surface area (Å²) in [7, 11) is -8.56. The molecule has 0 N–H and O–H groups in total. The maximum atomic E-state index is 13.3. The summed E-state index contributed by atoms with van der Waals surface area (Å²) in [4.78, 5) is 0. The number of sulfonamides is 1. The molecule has 188 valence electrons. The topological polar surface area (TPSA) is 37.4 Å². The van der Waals surface area contributed by atoms with E-state index in [2.05, 4.69) is 0 Å². The predicted octanol–water partition coefficient (Wildman–Crippen LogP) is 5.10. The maximum Gasteiger partial charge on any atom is 0.460 e. The normalized spacial score (nSPS) is 16.8. The minimum absolute atomic E-state index is 0.762. The van der Waals surface area contributed by atoms with Crippen LogP contribution in [0.25, 0.3) is 0 Å². The Hall–Kier alpha value is -1.35. The van der Waals surface area contributed by atoms with Crippen molar-refractivity contribution in [1.29, 1.82) is 0 Å². The Morgan fingerprint density at radius 3 is 0.935 bits per heavy atom. The monoisotopic (exact) mass is 531 g/mol. The molecule has 3 nitrogen and oxygen atoms in total. The van der Waals surface area contributed by atoms with Crippen LogP contribution in [-0.4, -0.2) is 67.0 Å². The van der Waals surface area contributed by atoms with E-state index >= 15 is 0 Å². The van der Waals surface area contributed by atoms with Crippen molar-refractivity contribution < 1.29 is 87.5 Å². The quantitative estimate of drug-likeness (QED) is 0.323. The first-order chi connectivity index (χ1) is 12.9. The highest BCUT2D eigenvalue weighted by atomic mass is 32.2. The Balaban J connectivity index is 6.99. The fourth-order valence-electron chi connectivity index (χ4n) is 1.47. The zero-order chi connectivity index (χ0) is 26.1. The van der Waals surface area contributed by atoms with Gasteiger partial charge in [0.05, 0.1) is 0 Å². The fourth-order valence-corrected chi connectivity index (χ4v) is 2.24. The van der Waals surface area contributed by atoms with E-state index in [1.54, 1.807) is 0 Å². The number of halogens is 18. The second-order valence-electron chi connectivity index (χ2n) is 5.36. The third-order valence-electron chi connectivity index (χ3n) is 3.35. The standard InChI is InChI=1S/C9H3F18NO2S/c1-28(27)31(29,30)9(25,26)7(20,21)5(16,17)3(12,13)2(10,11)4(14,15)6(18,19)8(22,23)24/h1H3. The summed E-state index contributed by atoms with van der Waals surface area (Å²) in [5, 5.41) is -7.87. The molecule has 0 aromatic rings. The molecule has 0 spiro atoms. The van der Waals surface area contributed by atoms with Gasteiger partial charge in [-0.25, -0.2) is 8.42 Å². The molecule has 0 unspecified atom stereocenters. The number of rotatable bonds is 8. The Labute approximate surface area is 157 Å². The van der Waals surface area contributed by atoms with Crippen LogP contribution < -0.4 is 0 Å². The average Bonchev–Trinajstić information content (AvgIpc) is 2.52. The first-order valence-electron chi connectivity index (χ1n) is 6.30. The van der Waals surface area contributed by atoms with Crippen molar-refractivity contribution in [3.8, 4) is 0 Å². The first kappa shape index (κ1) is 29.7. The molecule has 0 saturated carbocycles. The van der Waals surface area contributed by atoms with Crippen LogP contribution in [0.2, 0.25) is 0 Å². The van der Waals surface area contributed by atoms with Crippen LogP contribution in [-0.2, 0) is 10.0 Å². The molecule has 0 aliphatic heterocycles. The molecule has 0 aromatic carbocycles. The van der Waals surface area contributed by atoms with Crippen molar-refractivity contribution in [1.82, 2.24) is 4.53 Å². The molecule has 0 amide bonds. The highest BCUT2D eigenvalue weighted by Gasteiger charge is 2.96. The largest absolute Gasteiger partial charge is 0.460 e. The molecule has 0 heterocycles. The van der Waals surface area contributed by atoms with Gasteiger partial charge in [-0.3, -0.25) is 0 Å². The SMILES string of the molecule is CN(F)S(=O)(=O)C(F)(F)C(F)(F)C(F)(F)C(F)(F)C(F)(F)C(F)(F)C(F)(F)C(F)(F)F. The summed E-state index contributed by atoms with van der Waals surface area (Å²) in [6, 6.07) is 0. The van der Waals surface area contributed by atoms with Gasteiger partial charge >= 0.3 is 57.0 Å². The molecular weight excluding hydrogens is 528 g/mol. The van der Waals surface area contributed by atoms with Gasteiger partial charge in [-0.1, -0.05) is 0 Å². The van der Waals surface area contributed by atoms with E-state index in [4.69, 9.17) is 0 Å². The molecule has 0 aliphatic rings. The predicted molar refractivity (Wildman–Crippen MR) is 58.5 cm³/mol. The van der Waals surface area contributed by atoms with Crippen LogP contribution in [0, 0.1) is 0 Å². The average molecular weight is 531 g/mol. The van der Waals surface area contributed by atoms with Crippen LogP contribution in [0.1, 0.15) is 0 Å². The Kier molecular flexibility index (Phi) is 6.76. The lowest BCUT2D eigenvalue weighted by atomic mass is 9.91. The Morgan fingerprint density at radius 1 is 0.484 bits per heavy atom. The lowest BCUT2D eigenvalue weighted by Gasteiger charge is -2.42. The summed E-state index contributed by atoms with van der Waals surface area (Å²) in [5.41, 5.74) is 0. The molecule has 0 atom stereocenters. The first-order valence-corrected chi connectivity index (χ1v) is 7.74. The van der Waals surface area contributed by atoms with Gasteiger partial charge in [0.25, 0.3) is 0 Å². The van der Waals surface area contributed by atoms with Gasteiger partial charge in [0.1, 0.15) is 0 Å². The zero-order valence-electron chi connectivity index (χ0n) is 13.5.